The second-order valence-electron chi connectivity index (χ2n) is 3.01. The average molecular weight is 177 g/mol. The summed E-state index contributed by atoms with van der Waals surface area (Å²) in [6, 6.07) is 0. The van der Waals surface area contributed by atoms with Gasteiger partial charge in [0.25, 0.3) is 0 Å². The first-order valence-corrected chi connectivity index (χ1v) is 3.97. The van der Waals surface area contributed by atoms with Crippen LogP contribution in [0.1, 0.15) is 5.56 Å². The quantitative estimate of drug-likeness (QED) is 0.689. The maximum Gasteiger partial charge on any atom is 0.148 e. The smallest absolute Gasteiger partial charge is 0.148 e. The molecule has 2 rings (SSSR count). The molecule has 0 aliphatic heterocycles. The molecular formula is C8H11N5. The van der Waals surface area contributed by atoms with Crippen molar-refractivity contribution in [2.75, 3.05) is 5.73 Å². The maximum atomic E-state index is 5.63. The Morgan fingerprint density at radius 2 is 2.15 bits per heavy atom. The molecule has 0 unspecified atom stereocenters. The van der Waals surface area contributed by atoms with Crippen molar-refractivity contribution in [1.29, 1.82) is 0 Å². The molecule has 0 bridgehead atoms. The first kappa shape index (κ1) is 7.85. The van der Waals surface area contributed by atoms with Crippen molar-refractivity contribution in [2.24, 2.45) is 7.05 Å². The van der Waals surface area contributed by atoms with E-state index in [9.17, 15) is 0 Å². The minimum absolute atomic E-state index is 0.559. The van der Waals surface area contributed by atoms with Crippen LogP contribution in [0.25, 0.3) is 5.69 Å². The van der Waals surface area contributed by atoms with E-state index in [0.29, 0.717) is 5.82 Å². The predicted molar refractivity (Wildman–Crippen MR) is 49.5 cm³/mol. The Balaban J connectivity index is 2.46. The summed E-state index contributed by atoms with van der Waals surface area (Å²) in [5, 5.41) is 8.18. The number of nitrogens with two attached hydrogens (primary N) is 1. The summed E-state index contributed by atoms with van der Waals surface area (Å²) in [5.74, 6) is 0.559. The fourth-order valence-electron chi connectivity index (χ4n) is 1.13. The topological polar surface area (TPSA) is 61.7 Å². The molecule has 0 amide bonds. The highest BCUT2D eigenvalue weighted by Gasteiger charge is 2.03. The summed E-state index contributed by atoms with van der Waals surface area (Å²) in [7, 11) is 1.86. The lowest BCUT2D eigenvalue weighted by molar-refractivity contribution is 0.766. The molecule has 2 aromatic rings. The molecule has 0 saturated carbocycles. The van der Waals surface area contributed by atoms with E-state index in [-0.39, 0.29) is 0 Å². The summed E-state index contributed by atoms with van der Waals surface area (Å²) in [4.78, 5) is 0. The van der Waals surface area contributed by atoms with Gasteiger partial charge in [0.05, 0.1) is 12.4 Å². The molecule has 5 heteroatoms. The first-order chi connectivity index (χ1) is 6.16. The Kier molecular flexibility index (Phi) is 1.58. The standard InChI is InChI=1S/C8H11N5/c1-6-4-13(11-8(6)9)7-3-10-12(2)5-7/h3-5H,1-2H3,(H2,9,11). The molecule has 0 fully saturated rings. The lowest BCUT2D eigenvalue weighted by Gasteiger charge is -1.92. The first-order valence-electron chi connectivity index (χ1n) is 3.97. The molecule has 0 aromatic carbocycles. The van der Waals surface area contributed by atoms with Gasteiger partial charge < -0.3 is 5.73 Å². The number of nitrogens with zero attached hydrogens (tertiary/aromatic N) is 4. The van der Waals surface area contributed by atoms with E-state index < -0.39 is 0 Å². The van der Waals surface area contributed by atoms with E-state index >= 15 is 0 Å². The third-order valence-electron chi connectivity index (χ3n) is 1.89. The Morgan fingerprint density at radius 3 is 2.62 bits per heavy atom. The van der Waals surface area contributed by atoms with E-state index in [1.807, 2.05) is 26.4 Å². The second kappa shape index (κ2) is 2.62. The van der Waals surface area contributed by atoms with Crippen LogP contribution in [0.4, 0.5) is 5.82 Å². The number of nitrogen functional groups attached to an aromatic ring is 1. The van der Waals surface area contributed by atoms with Crippen molar-refractivity contribution in [1.82, 2.24) is 19.6 Å². The monoisotopic (exact) mass is 177 g/mol. The highest BCUT2D eigenvalue weighted by Crippen LogP contribution is 2.11. The van der Waals surface area contributed by atoms with Crippen molar-refractivity contribution in [3.8, 4) is 5.69 Å². The molecule has 2 aromatic heterocycles. The minimum atomic E-state index is 0.559. The molecule has 13 heavy (non-hydrogen) atoms. The summed E-state index contributed by atoms with van der Waals surface area (Å²) in [5.41, 5.74) is 7.52. The summed E-state index contributed by atoms with van der Waals surface area (Å²) < 4.78 is 3.44. The molecule has 2 N–H and O–H groups in total. The number of rotatable bonds is 1. The van der Waals surface area contributed by atoms with Crippen LogP contribution in [0.3, 0.4) is 0 Å². The fourth-order valence-corrected chi connectivity index (χ4v) is 1.13. The summed E-state index contributed by atoms with van der Waals surface area (Å²) in [6.07, 6.45) is 5.50. The highest BCUT2D eigenvalue weighted by atomic mass is 15.3. The maximum absolute atomic E-state index is 5.63. The number of anilines is 1. The average Bonchev–Trinajstić information content (AvgIpc) is 2.61. The third-order valence-corrected chi connectivity index (χ3v) is 1.89. The van der Waals surface area contributed by atoms with Gasteiger partial charge in [0.2, 0.25) is 0 Å². The normalized spacial score (nSPS) is 10.6. The van der Waals surface area contributed by atoms with Gasteiger partial charge in [0.15, 0.2) is 0 Å². The van der Waals surface area contributed by atoms with Crippen LogP contribution in [0.2, 0.25) is 0 Å². The Morgan fingerprint density at radius 1 is 1.38 bits per heavy atom. The molecule has 0 spiro atoms. The largest absolute Gasteiger partial charge is 0.382 e. The van der Waals surface area contributed by atoms with E-state index in [4.69, 9.17) is 5.73 Å². The van der Waals surface area contributed by atoms with Gasteiger partial charge in [-0.3, -0.25) is 4.68 Å². The van der Waals surface area contributed by atoms with Crippen molar-refractivity contribution < 1.29 is 0 Å². The molecule has 5 nitrogen and oxygen atoms in total. The molecule has 0 aliphatic carbocycles. The molecule has 0 saturated heterocycles. The van der Waals surface area contributed by atoms with Crippen LogP contribution in [-0.2, 0) is 7.05 Å². The van der Waals surface area contributed by atoms with Crippen molar-refractivity contribution >= 4 is 5.82 Å². The van der Waals surface area contributed by atoms with Gasteiger partial charge in [-0.05, 0) is 6.92 Å². The number of hydrogen-bond acceptors (Lipinski definition) is 3. The third kappa shape index (κ3) is 1.28. The fraction of sp³-hybridized carbons (Fsp3) is 0.250. The molecule has 0 atom stereocenters. The SMILES string of the molecule is Cc1cn(-c2cnn(C)c2)nc1N. The highest BCUT2D eigenvalue weighted by molar-refractivity contribution is 5.39. The van der Waals surface area contributed by atoms with Crippen molar-refractivity contribution in [2.45, 2.75) is 6.92 Å². The lowest BCUT2D eigenvalue weighted by Crippen LogP contribution is -1.94. The molecule has 68 valence electrons. The summed E-state index contributed by atoms with van der Waals surface area (Å²) >= 11 is 0. The Labute approximate surface area is 75.8 Å². The van der Waals surface area contributed by atoms with Crippen LogP contribution >= 0.6 is 0 Å². The zero-order valence-corrected chi connectivity index (χ0v) is 7.60. The van der Waals surface area contributed by atoms with Gasteiger partial charge in [0, 0.05) is 18.8 Å². The van der Waals surface area contributed by atoms with Crippen LogP contribution in [-0.4, -0.2) is 19.6 Å². The Bertz CT molecular complexity index is 406. The zero-order chi connectivity index (χ0) is 9.42. The number of hydrogen-bond donors (Lipinski definition) is 1. The van der Waals surface area contributed by atoms with E-state index in [1.165, 1.54) is 0 Å². The van der Waals surface area contributed by atoms with E-state index in [0.717, 1.165) is 11.3 Å². The van der Waals surface area contributed by atoms with Gasteiger partial charge in [0.1, 0.15) is 11.5 Å². The van der Waals surface area contributed by atoms with Crippen LogP contribution in [0.15, 0.2) is 18.6 Å². The van der Waals surface area contributed by atoms with Crippen LogP contribution < -0.4 is 5.73 Å². The predicted octanol–water partition coefficient (Wildman–Crippen LogP) is 0.496. The molecular weight excluding hydrogens is 166 g/mol. The van der Waals surface area contributed by atoms with Crippen molar-refractivity contribution in [3.63, 3.8) is 0 Å². The van der Waals surface area contributed by atoms with Gasteiger partial charge in [-0.25, -0.2) is 4.68 Å². The summed E-state index contributed by atoms with van der Waals surface area (Å²) in [6.45, 7) is 1.93. The van der Waals surface area contributed by atoms with Gasteiger partial charge in [-0.15, -0.1) is 0 Å². The van der Waals surface area contributed by atoms with E-state index in [2.05, 4.69) is 10.2 Å². The van der Waals surface area contributed by atoms with Crippen molar-refractivity contribution in [3.05, 3.63) is 24.2 Å². The van der Waals surface area contributed by atoms with Gasteiger partial charge in [-0.2, -0.15) is 10.2 Å². The van der Waals surface area contributed by atoms with Crippen LogP contribution in [0, 0.1) is 6.92 Å². The van der Waals surface area contributed by atoms with Gasteiger partial charge >= 0.3 is 0 Å². The molecule has 0 radical (unpaired) electrons. The minimum Gasteiger partial charge on any atom is -0.382 e. The molecule has 0 aliphatic rings. The van der Waals surface area contributed by atoms with Crippen LogP contribution in [0.5, 0.6) is 0 Å². The lowest BCUT2D eigenvalue weighted by atomic mass is 10.4. The zero-order valence-electron chi connectivity index (χ0n) is 7.60. The number of aromatic nitrogens is 4. The molecule has 2 heterocycles. The second-order valence-corrected chi connectivity index (χ2v) is 3.01. The Hall–Kier alpha value is -1.78. The number of aryl methyl sites for hydroxylation is 2. The van der Waals surface area contributed by atoms with E-state index in [1.54, 1.807) is 15.6 Å². The van der Waals surface area contributed by atoms with Gasteiger partial charge in [-0.1, -0.05) is 0 Å².